The minimum absolute atomic E-state index is 0.0167. The third-order valence-corrected chi connectivity index (χ3v) is 6.00. The van der Waals surface area contributed by atoms with Crippen LogP contribution >= 0.6 is 0 Å². The van der Waals surface area contributed by atoms with Gasteiger partial charge in [0.1, 0.15) is 5.75 Å². The fourth-order valence-corrected chi connectivity index (χ4v) is 4.22. The molecule has 2 saturated heterocycles. The van der Waals surface area contributed by atoms with Gasteiger partial charge in [-0.05, 0) is 68.8 Å². The Morgan fingerprint density at radius 2 is 1.86 bits per heavy atom. The van der Waals surface area contributed by atoms with Crippen LogP contribution in [0.25, 0.3) is 0 Å². The number of ether oxygens (including phenoxy) is 1. The third-order valence-electron chi connectivity index (χ3n) is 6.00. The number of rotatable bonds is 5. The van der Waals surface area contributed by atoms with E-state index in [-0.39, 0.29) is 5.91 Å². The highest BCUT2D eigenvalue weighted by Gasteiger charge is 2.26. The lowest BCUT2D eigenvalue weighted by molar-refractivity contribution is 0.0684. The van der Waals surface area contributed by atoms with Crippen LogP contribution in [-0.2, 0) is 6.42 Å². The maximum atomic E-state index is 12.8. The van der Waals surface area contributed by atoms with Crippen molar-refractivity contribution in [3.8, 4) is 5.75 Å². The first kappa shape index (κ1) is 18.9. The molecule has 3 heterocycles. The van der Waals surface area contributed by atoms with Crippen molar-refractivity contribution in [2.24, 2.45) is 5.92 Å². The van der Waals surface area contributed by atoms with E-state index in [1.165, 1.54) is 5.56 Å². The van der Waals surface area contributed by atoms with Crippen LogP contribution < -0.4 is 10.1 Å². The SMILES string of the molecule is COc1ccc(CC2CCN(C(=O)c3cn(C4CCNCC4)nn3)CC2)cc1. The minimum Gasteiger partial charge on any atom is -0.497 e. The van der Waals surface area contributed by atoms with Crippen LogP contribution in [0.3, 0.4) is 0 Å². The predicted molar refractivity (Wildman–Crippen MR) is 106 cm³/mol. The van der Waals surface area contributed by atoms with Crippen LogP contribution in [0.15, 0.2) is 30.5 Å². The Balaban J connectivity index is 1.29. The number of amides is 1. The van der Waals surface area contributed by atoms with E-state index in [1.807, 2.05) is 27.9 Å². The zero-order valence-corrected chi connectivity index (χ0v) is 16.5. The smallest absolute Gasteiger partial charge is 0.276 e. The van der Waals surface area contributed by atoms with Crippen molar-refractivity contribution in [2.45, 2.75) is 38.1 Å². The molecule has 150 valence electrons. The number of carbonyl (C=O) groups excluding carboxylic acids is 1. The Morgan fingerprint density at radius 1 is 1.14 bits per heavy atom. The number of likely N-dealkylation sites (tertiary alicyclic amines) is 1. The van der Waals surface area contributed by atoms with Crippen molar-refractivity contribution < 1.29 is 9.53 Å². The molecule has 2 aliphatic heterocycles. The molecule has 0 radical (unpaired) electrons. The molecule has 7 heteroatoms. The van der Waals surface area contributed by atoms with E-state index >= 15 is 0 Å². The van der Waals surface area contributed by atoms with Crippen LogP contribution in [0, 0.1) is 5.92 Å². The van der Waals surface area contributed by atoms with Gasteiger partial charge in [0.05, 0.1) is 19.3 Å². The van der Waals surface area contributed by atoms with Crippen molar-refractivity contribution in [1.29, 1.82) is 0 Å². The number of nitrogens with zero attached hydrogens (tertiary/aromatic N) is 4. The summed E-state index contributed by atoms with van der Waals surface area (Å²) < 4.78 is 7.10. The lowest BCUT2D eigenvalue weighted by atomic mass is 9.90. The van der Waals surface area contributed by atoms with E-state index < -0.39 is 0 Å². The summed E-state index contributed by atoms with van der Waals surface area (Å²) in [5, 5.41) is 11.7. The number of piperidine rings is 2. The highest BCUT2D eigenvalue weighted by molar-refractivity contribution is 5.92. The molecular formula is C21H29N5O2. The Kier molecular flexibility index (Phi) is 5.90. The largest absolute Gasteiger partial charge is 0.497 e. The Bertz CT molecular complexity index is 774. The van der Waals surface area contributed by atoms with E-state index in [1.54, 1.807) is 7.11 Å². The number of carbonyl (C=O) groups is 1. The minimum atomic E-state index is 0.0167. The molecule has 1 aromatic heterocycles. The molecule has 0 aliphatic carbocycles. The molecule has 0 bridgehead atoms. The molecule has 28 heavy (non-hydrogen) atoms. The van der Waals surface area contributed by atoms with Crippen molar-refractivity contribution in [3.05, 3.63) is 41.7 Å². The molecular weight excluding hydrogens is 354 g/mol. The van der Waals surface area contributed by atoms with Crippen molar-refractivity contribution in [2.75, 3.05) is 33.3 Å². The molecule has 0 saturated carbocycles. The number of hydrogen-bond donors (Lipinski definition) is 1. The van der Waals surface area contributed by atoms with Gasteiger partial charge in [-0.2, -0.15) is 0 Å². The summed E-state index contributed by atoms with van der Waals surface area (Å²) in [6.45, 7) is 3.57. The highest BCUT2D eigenvalue weighted by atomic mass is 16.5. The quantitative estimate of drug-likeness (QED) is 0.858. The average molecular weight is 383 g/mol. The van der Waals surface area contributed by atoms with Crippen LogP contribution in [0.2, 0.25) is 0 Å². The van der Waals surface area contributed by atoms with E-state index in [0.717, 1.165) is 64.0 Å². The molecule has 0 atom stereocenters. The van der Waals surface area contributed by atoms with Gasteiger partial charge in [0.15, 0.2) is 5.69 Å². The van der Waals surface area contributed by atoms with Gasteiger partial charge in [-0.15, -0.1) is 5.10 Å². The van der Waals surface area contributed by atoms with Gasteiger partial charge in [0.2, 0.25) is 0 Å². The van der Waals surface area contributed by atoms with E-state index in [2.05, 4.69) is 27.8 Å². The fourth-order valence-electron chi connectivity index (χ4n) is 4.22. The Morgan fingerprint density at radius 3 is 2.54 bits per heavy atom. The average Bonchev–Trinajstić information content (AvgIpc) is 3.25. The second kappa shape index (κ2) is 8.73. The summed E-state index contributed by atoms with van der Waals surface area (Å²) >= 11 is 0. The van der Waals surface area contributed by atoms with Crippen molar-refractivity contribution in [1.82, 2.24) is 25.2 Å². The van der Waals surface area contributed by atoms with E-state index in [0.29, 0.717) is 17.7 Å². The second-order valence-corrected chi connectivity index (χ2v) is 7.85. The van der Waals surface area contributed by atoms with Crippen LogP contribution in [0.5, 0.6) is 5.75 Å². The molecule has 4 rings (SSSR count). The summed E-state index contributed by atoms with van der Waals surface area (Å²) in [6.07, 6.45) is 7.02. The van der Waals surface area contributed by atoms with Crippen LogP contribution in [0.1, 0.15) is 47.8 Å². The van der Waals surface area contributed by atoms with Gasteiger partial charge in [-0.3, -0.25) is 4.79 Å². The number of aromatic nitrogens is 3. The standard InChI is InChI=1S/C21H29N5O2/c1-28-19-4-2-16(3-5-19)14-17-8-12-25(13-9-17)21(27)20-15-26(24-23-20)18-6-10-22-11-7-18/h2-5,15,17-18,22H,6-14H2,1H3. The molecule has 2 aromatic rings. The predicted octanol–water partition coefficient (Wildman–Crippen LogP) is 2.31. The normalized spacial score (nSPS) is 19.0. The van der Waals surface area contributed by atoms with E-state index in [9.17, 15) is 4.79 Å². The maximum Gasteiger partial charge on any atom is 0.276 e. The highest BCUT2D eigenvalue weighted by Crippen LogP contribution is 2.24. The van der Waals surface area contributed by atoms with Gasteiger partial charge >= 0.3 is 0 Å². The summed E-state index contributed by atoms with van der Waals surface area (Å²) in [6, 6.07) is 8.65. The van der Waals surface area contributed by atoms with Gasteiger partial charge in [0, 0.05) is 13.1 Å². The number of benzene rings is 1. The summed E-state index contributed by atoms with van der Waals surface area (Å²) in [4.78, 5) is 14.7. The first-order chi connectivity index (χ1) is 13.7. The van der Waals surface area contributed by atoms with Crippen molar-refractivity contribution in [3.63, 3.8) is 0 Å². The number of nitrogens with one attached hydrogen (secondary N) is 1. The first-order valence-corrected chi connectivity index (χ1v) is 10.3. The summed E-state index contributed by atoms with van der Waals surface area (Å²) in [7, 11) is 1.69. The maximum absolute atomic E-state index is 12.8. The van der Waals surface area contributed by atoms with Crippen LogP contribution in [-0.4, -0.2) is 59.1 Å². The van der Waals surface area contributed by atoms with Crippen molar-refractivity contribution >= 4 is 5.91 Å². The zero-order valence-electron chi connectivity index (χ0n) is 16.5. The van der Waals surface area contributed by atoms with Gasteiger partial charge in [-0.1, -0.05) is 17.3 Å². The number of methoxy groups -OCH3 is 1. The van der Waals surface area contributed by atoms with Crippen LogP contribution in [0.4, 0.5) is 0 Å². The molecule has 1 N–H and O–H groups in total. The van der Waals surface area contributed by atoms with E-state index in [4.69, 9.17) is 4.74 Å². The third kappa shape index (κ3) is 4.35. The molecule has 0 unspecified atom stereocenters. The monoisotopic (exact) mass is 383 g/mol. The second-order valence-electron chi connectivity index (χ2n) is 7.85. The van der Waals surface area contributed by atoms with Gasteiger partial charge in [-0.25, -0.2) is 4.68 Å². The lowest BCUT2D eigenvalue weighted by Gasteiger charge is -2.31. The molecule has 0 spiro atoms. The molecule has 2 fully saturated rings. The lowest BCUT2D eigenvalue weighted by Crippen LogP contribution is -2.39. The Hall–Kier alpha value is -2.41. The molecule has 2 aliphatic rings. The first-order valence-electron chi connectivity index (χ1n) is 10.3. The number of hydrogen-bond acceptors (Lipinski definition) is 5. The summed E-state index contributed by atoms with van der Waals surface area (Å²) in [5.41, 5.74) is 1.81. The molecule has 7 nitrogen and oxygen atoms in total. The van der Waals surface area contributed by atoms with Gasteiger partial charge in [0.25, 0.3) is 5.91 Å². The summed E-state index contributed by atoms with van der Waals surface area (Å²) in [5.74, 6) is 1.52. The molecule has 1 amide bonds. The topological polar surface area (TPSA) is 72.3 Å². The Labute approximate surface area is 166 Å². The zero-order chi connectivity index (χ0) is 19.3. The molecule has 1 aromatic carbocycles. The fraction of sp³-hybridized carbons (Fsp3) is 0.571. The van der Waals surface area contributed by atoms with Gasteiger partial charge < -0.3 is 15.0 Å².